The maximum atomic E-state index is 11.4. The molecule has 1 aromatic rings. The van der Waals surface area contributed by atoms with E-state index in [-0.39, 0.29) is 11.5 Å². The summed E-state index contributed by atoms with van der Waals surface area (Å²) >= 11 is 0. The van der Waals surface area contributed by atoms with Crippen molar-refractivity contribution >= 4 is 15.5 Å². The van der Waals surface area contributed by atoms with Crippen LogP contribution in [0.25, 0.3) is 0 Å². The zero-order valence-electron chi connectivity index (χ0n) is 10.2. The fraction of sp³-hybridized carbons (Fsp3) is 0.500. The minimum atomic E-state index is -3.13. The van der Waals surface area contributed by atoms with Gasteiger partial charge in [0.25, 0.3) is 0 Å². The highest BCUT2D eigenvalue weighted by atomic mass is 32.2. The Balaban J connectivity index is 2.08. The number of aliphatic hydroxyl groups is 1. The van der Waals surface area contributed by atoms with Crippen molar-refractivity contribution in [2.75, 3.05) is 23.4 Å². The lowest BCUT2D eigenvalue weighted by atomic mass is 10.2. The Labute approximate surface area is 107 Å². The average Bonchev–Trinajstić information content (AvgIpc) is 2.53. The first kappa shape index (κ1) is 13.2. The summed E-state index contributed by atoms with van der Waals surface area (Å²) in [5.74, 6) is 0.515. The Morgan fingerprint density at radius 2 is 2.22 bits per heavy atom. The minimum Gasteiger partial charge on any atom is -0.494 e. The molecule has 2 atom stereocenters. The van der Waals surface area contributed by atoms with Crippen LogP contribution in [0.3, 0.4) is 0 Å². The van der Waals surface area contributed by atoms with Crippen LogP contribution in [0.2, 0.25) is 0 Å². The van der Waals surface area contributed by atoms with Crippen LogP contribution < -0.4 is 10.1 Å². The molecular formula is C12H17NO4S. The topological polar surface area (TPSA) is 75.6 Å². The number of ether oxygens (including phenoxy) is 1. The second kappa shape index (κ2) is 5.16. The molecule has 2 rings (SSSR count). The van der Waals surface area contributed by atoms with Gasteiger partial charge in [-0.1, -0.05) is 6.07 Å². The van der Waals surface area contributed by atoms with Crippen LogP contribution in [-0.2, 0) is 9.84 Å². The molecule has 2 N–H and O–H groups in total. The summed E-state index contributed by atoms with van der Waals surface area (Å²) in [6.45, 7) is 2.47. The van der Waals surface area contributed by atoms with Crippen molar-refractivity contribution in [3.63, 3.8) is 0 Å². The smallest absolute Gasteiger partial charge is 0.155 e. The molecule has 0 aliphatic carbocycles. The second-order valence-corrected chi connectivity index (χ2v) is 6.51. The third kappa shape index (κ3) is 3.14. The number of hydrogen-bond acceptors (Lipinski definition) is 5. The van der Waals surface area contributed by atoms with Crippen molar-refractivity contribution in [2.45, 2.75) is 19.1 Å². The van der Waals surface area contributed by atoms with Crippen molar-refractivity contribution < 1.29 is 18.3 Å². The van der Waals surface area contributed by atoms with Gasteiger partial charge in [-0.25, -0.2) is 8.42 Å². The van der Waals surface area contributed by atoms with E-state index in [1.165, 1.54) is 0 Å². The summed E-state index contributed by atoms with van der Waals surface area (Å²) in [7, 11) is -3.13. The molecule has 1 aliphatic rings. The van der Waals surface area contributed by atoms with Crippen molar-refractivity contribution in [3.05, 3.63) is 24.3 Å². The van der Waals surface area contributed by atoms with Gasteiger partial charge in [-0.15, -0.1) is 0 Å². The normalized spacial score (nSPS) is 25.9. The zero-order chi connectivity index (χ0) is 13.2. The van der Waals surface area contributed by atoms with E-state index in [1.54, 1.807) is 6.07 Å². The summed E-state index contributed by atoms with van der Waals surface area (Å²) in [6, 6.07) is 6.81. The molecular weight excluding hydrogens is 254 g/mol. The van der Waals surface area contributed by atoms with Gasteiger partial charge in [-0.2, -0.15) is 0 Å². The largest absolute Gasteiger partial charge is 0.494 e. The number of anilines is 1. The quantitative estimate of drug-likeness (QED) is 0.841. The van der Waals surface area contributed by atoms with Crippen LogP contribution in [-0.4, -0.2) is 43.8 Å². The van der Waals surface area contributed by atoms with Gasteiger partial charge in [0.2, 0.25) is 0 Å². The van der Waals surface area contributed by atoms with E-state index >= 15 is 0 Å². The van der Waals surface area contributed by atoms with Crippen molar-refractivity contribution in [1.82, 2.24) is 0 Å². The van der Waals surface area contributed by atoms with E-state index in [0.29, 0.717) is 6.61 Å². The predicted octanol–water partition coefficient (Wildman–Crippen LogP) is 0.655. The fourth-order valence-corrected chi connectivity index (χ4v) is 3.76. The van der Waals surface area contributed by atoms with Gasteiger partial charge in [-0.05, 0) is 19.1 Å². The number of hydrogen-bond donors (Lipinski definition) is 2. The Morgan fingerprint density at radius 3 is 2.83 bits per heavy atom. The van der Waals surface area contributed by atoms with Gasteiger partial charge < -0.3 is 15.2 Å². The van der Waals surface area contributed by atoms with Crippen LogP contribution in [0.5, 0.6) is 5.75 Å². The molecule has 100 valence electrons. The molecule has 6 heteroatoms. The van der Waals surface area contributed by atoms with E-state index in [4.69, 9.17) is 4.74 Å². The fourth-order valence-electron chi connectivity index (χ4n) is 2.02. The van der Waals surface area contributed by atoms with E-state index in [1.807, 2.05) is 25.1 Å². The average molecular weight is 271 g/mol. The molecule has 1 saturated heterocycles. The maximum Gasteiger partial charge on any atom is 0.155 e. The Hall–Kier alpha value is -1.27. The second-order valence-electron chi connectivity index (χ2n) is 4.36. The monoisotopic (exact) mass is 271 g/mol. The lowest BCUT2D eigenvalue weighted by Crippen LogP contribution is -2.31. The summed E-state index contributed by atoms with van der Waals surface area (Å²) in [5, 5.41) is 12.7. The number of rotatable bonds is 4. The standard InChI is InChI=1S/C12H17NO4S/c1-2-17-10-5-3-4-9(6-10)13-11-7-18(15,16)8-12(11)14/h3-6,11-14H,2,7-8H2,1H3. The molecule has 0 amide bonds. The van der Waals surface area contributed by atoms with Crippen LogP contribution in [0.4, 0.5) is 5.69 Å². The van der Waals surface area contributed by atoms with Gasteiger partial charge in [0.1, 0.15) is 5.75 Å². The van der Waals surface area contributed by atoms with Crippen LogP contribution >= 0.6 is 0 Å². The van der Waals surface area contributed by atoms with Gasteiger partial charge in [0, 0.05) is 11.8 Å². The SMILES string of the molecule is CCOc1cccc(NC2CS(=O)(=O)CC2O)c1. The highest BCUT2D eigenvalue weighted by molar-refractivity contribution is 7.91. The molecule has 18 heavy (non-hydrogen) atoms. The van der Waals surface area contributed by atoms with Gasteiger partial charge in [0.15, 0.2) is 9.84 Å². The molecule has 0 saturated carbocycles. The highest BCUT2D eigenvalue weighted by Crippen LogP contribution is 2.21. The first-order valence-corrected chi connectivity index (χ1v) is 7.70. The number of sulfone groups is 1. The van der Waals surface area contributed by atoms with Gasteiger partial charge >= 0.3 is 0 Å². The third-order valence-corrected chi connectivity index (χ3v) is 4.54. The lowest BCUT2D eigenvalue weighted by Gasteiger charge is -2.16. The van der Waals surface area contributed by atoms with Crippen LogP contribution in [0, 0.1) is 0 Å². The molecule has 1 aliphatic heterocycles. The summed E-state index contributed by atoms with van der Waals surface area (Å²) in [5.41, 5.74) is 0.752. The van der Waals surface area contributed by atoms with Gasteiger partial charge in [0.05, 0.1) is 30.3 Å². The van der Waals surface area contributed by atoms with E-state index < -0.39 is 22.0 Å². The number of nitrogens with one attached hydrogen (secondary N) is 1. The minimum absolute atomic E-state index is 0.0347. The first-order valence-electron chi connectivity index (χ1n) is 5.88. The van der Waals surface area contributed by atoms with Crippen molar-refractivity contribution in [2.24, 2.45) is 0 Å². The summed E-state index contributed by atoms with van der Waals surface area (Å²) in [6.07, 6.45) is -0.856. The highest BCUT2D eigenvalue weighted by Gasteiger charge is 2.36. The Kier molecular flexibility index (Phi) is 3.77. The molecule has 5 nitrogen and oxygen atoms in total. The Morgan fingerprint density at radius 1 is 1.44 bits per heavy atom. The number of aliphatic hydroxyl groups excluding tert-OH is 1. The molecule has 0 bridgehead atoms. The molecule has 0 aromatic heterocycles. The maximum absolute atomic E-state index is 11.4. The third-order valence-electron chi connectivity index (χ3n) is 2.82. The van der Waals surface area contributed by atoms with Crippen LogP contribution in [0.1, 0.15) is 6.92 Å². The first-order chi connectivity index (χ1) is 8.50. The van der Waals surface area contributed by atoms with Crippen LogP contribution in [0.15, 0.2) is 24.3 Å². The molecule has 0 spiro atoms. The van der Waals surface area contributed by atoms with E-state index in [0.717, 1.165) is 11.4 Å². The summed E-state index contributed by atoms with van der Waals surface area (Å²) in [4.78, 5) is 0. The number of benzene rings is 1. The van der Waals surface area contributed by atoms with Gasteiger partial charge in [-0.3, -0.25) is 0 Å². The molecule has 2 unspecified atom stereocenters. The molecule has 1 heterocycles. The summed E-state index contributed by atoms with van der Waals surface area (Å²) < 4.78 is 28.1. The molecule has 0 radical (unpaired) electrons. The van der Waals surface area contributed by atoms with Crippen molar-refractivity contribution in [3.8, 4) is 5.75 Å². The molecule has 1 fully saturated rings. The zero-order valence-corrected chi connectivity index (χ0v) is 11.0. The van der Waals surface area contributed by atoms with E-state index in [2.05, 4.69) is 5.32 Å². The van der Waals surface area contributed by atoms with Crippen molar-refractivity contribution in [1.29, 1.82) is 0 Å². The van der Waals surface area contributed by atoms with E-state index in [9.17, 15) is 13.5 Å². The Bertz CT molecular complexity index is 515. The predicted molar refractivity (Wildman–Crippen MR) is 69.7 cm³/mol. The lowest BCUT2D eigenvalue weighted by molar-refractivity contribution is 0.190. The molecule has 1 aromatic carbocycles.